The van der Waals surface area contributed by atoms with Crippen molar-refractivity contribution in [2.45, 2.75) is 6.42 Å². The number of halogens is 1. The van der Waals surface area contributed by atoms with Gasteiger partial charge in [0.15, 0.2) is 0 Å². The van der Waals surface area contributed by atoms with Gasteiger partial charge in [-0.2, -0.15) is 11.3 Å². The first-order valence-corrected chi connectivity index (χ1v) is 9.94. The molecule has 0 radical (unpaired) electrons. The van der Waals surface area contributed by atoms with Crippen molar-refractivity contribution in [3.8, 4) is 0 Å². The minimum atomic E-state index is -0.0278. The minimum absolute atomic E-state index is 0.0278. The number of amides is 2. The van der Waals surface area contributed by atoms with E-state index in [-0.39, 0.29) is 11.8 Å². The molecule has 2 aromatic rings. The first kappa shape index (κ1) is 18.1. The maximum Gasteiger partial charge on any atom is 0.254 e. The van der Waals surface area contributed by atoms with E-state index in [1.54, 1.807) is 0 Å². The smallest absolute Gasteiger partial charge is 0.254 e. The van der Waals surface area contributed by atoms with Crippen LogP contribution in [0.3, 0.4) is 0 Å². The van der Waals surface area contributed by atoms with Crippen LogP contribution in [-0.4, -0.2) is 54.3 Å². The summed E-state index contributed by atoms with van der Waals surface area (Å²) in [4.78, 5) is 28.7. The van der Waals surface area contributed by atoms with Crippen LogP contribution in [0.1, 0.15) is 16.8 Å². The van der Waals surface area contributed by atoms with Gasteiger partial charge in [-0.15, -0.1) is 0 Å². The van der Waals surface area contributed by atoms with E-state index in [9.17, 15) is 9.59 Å². The summed E-state index contributed by atoms with van der Waals surface area (Å²) in [6.07, 6.45) is 0.876. The molecule has 5 nitrogen and oxygen atoms in total. The summed E-state index contributed by atoms with van der Waals surface area (Å²) >= 11 is 4.91. The SMILES string of the molecule is O=C(CN1CCCN(C(=O)c2ccsc2)CC1)Nc1ccc(Br)cc1. The summed E-state index contributed by atoms with van der Waals surface area (Å²) in [5, 5.41) is 6.72. The molecule has 2 heterocycles. The summed E-state index contributed by atoms with van der Waals surface area (Å²) in [6.45, 7) is 3.26. The highest BCUT2D eigenvalue weighted by Gasteiger charge is 2.21. The lowest BCUT2D eigenvalue weighted by molar-refractivity contribution is -0.117. The number of thiophene rings is 1. The van der Waals surface area contributed by atoms with E-state index in [2.05, 4.69) is 26.1 Å². The zero-order chi connectivity index (χ0) is 17.6. The molecule has 3 rings (SSSR count). The molecule has 1 aromatic heterocycles. The number of benzene rings is 1. The summed E-state index contributed by atoms with van der Waals surface area (Å²) < 4.78 is 0.980. The Balaban J connectivity index is 1.50. The Morgan fingerprint density at radius 1 is 1.08 bits per heavy atom. The van der Waals surface area contributed by atoms with Gasteiger partial charge >= 0.3 is 0 Å². The molecule has 1 aliphatic heterocycles. The van der Waals surface area contributed by atoms with Crippen molar-refractivity contribution in [3.05, 3.63) is 51.1 Å². The first-order valence-electron chi connectivity index (χ1n) is 8.21. The van der Waals surface area contributed by atoms with Crippen LogP contribution in [0.5, 0.6) is 0 Å². The Bertz CT molecular complexity index is 718. The molecule has 0 saturated carbocycles. The zero-order valence-electron chi connectivity index (χ0n) is 13.8. The second-order valence-corrected chi connectivity index (χ2v) is 7.68. The molecule has 0 bridgehead atoms. The second kappa shape index (κ2) is 8.60. The van der Waals surface area contributed by atoms with Crippen molar-refractivity contribution < 1.29 is 9.59 Å². The van der Waals surface area contributed by atoms with Crippen LogP contribution < -0.4 is 5.32 Å². The lowest BCUT2D eigenvalue weighted by Crippen LogP contribution is -2.37. The van der Waals surface area contributed by atoms with Gasteiger partial charge < -0.3 is 10.2 Å². The summed E-state index contributed by atoms with van der Waals surface area (Å²) in [6, 6.07) is 9.39. The number of nitrogens with zero attached hydrogens (tertiary/aromatic N) is 2. The van der Waals surface area contributed by atoms with E-state index >= 15 is 0 Å². The van der Waals surface area contributed by atoms with Crippen molar-refractivity contribution >= 4 is 44.8 Å². The van der Waals surface area contributed by atoms with Gasteiger partial charge in [0, 0.05) is 41.7 Å². The third kappa shape index (κ3) is 5.14. The number of rotatable bonds is 4. The number of carbonyl (C=O) groups excluding carboxylic acids is 2. The van der Waals surface area contributed by atoms with Crippen molar-refractivity contribution in [1.29, 1.82) is 0 Å². The fraction of sp³-hybridized carbons (Fsp3) is 0.333. The van der Waals surface area contributed by atoms with Crippen molar-refractivity contribution in [3.63, 3.8) is 0 Å². The quantitative estimate of drug-likeness (QED) is 0.823. The molecule has 1 aliphatic rings. The Hall–Kier alpha value is -1.70. The van der Waals surface area contributed by atoms with Gasteiger partial charge in [-0.1, -0.05) is 15.9 Å². The third-order valence-electron chi connectivity index (χ3n) is 4.14. The van der Waals surface area contributed by atoms with Crippen LogP contribution in [0.25, 0.3) is 0 Å². The van der Waals surface area contributed by atoms with Crippen molar-refractivity contribution in [2.75, 3.05) is 38.0 Å². The van der Waals surface area contributed by atoms with E-state index in [1.165, 1.54) is 11.3 Å². The fourth-order valence-corrected chi connectivity index (χ4v) is 3.73. The number of hydrogen-bond donors (Lipinski definition) is 1. The topological polar surface area (TPSA) is 52.7 Å². The molecule has 0 unspecified atom stereocenters. The molecule has 1 fully saturated rings. The minimum Gasteiger partial charge on any atom is -0.337 e. The fourth-order valence-electron chi connectivity index (χ4n) is 2.84. The molecule has 25 heavy (non-hydrogen) atoms. The van der Waals surface area contributed by atoms with Gasteiger partial charge in [-0.25, -0.2) is 0 Å². The summed E-state index contributed by atoms with van der Waals surface area (Å²) in [5.74, 6) is 0.0577. The number of nitrogens with one attached hydrogen (secondary N) is 1. The van der Waals surface area contributed by atoms with Gasteiger partial charge in [-0.3, -0.25) is 14.5 Å². The first-order chi connectivity index (χ1) is 12.1. The highest BCUT2D eigenvalue weighted by molar-refractivity contribution is 9.10. The molecule has 1 saturated heterocycles. The van der Waals surface area contributed by atoms with Gasteiger partial charge in [0.1, 0.15) is 0 Å². The Kier molecular flexibility index (Phi) is 6.23. The average Bonchev–Trinajstić information content (AvgIpc) is 3.04. The predicted molar refractivity (Wildman–Crippen MR) is 104 cm³/mol. The summed E-state index contributed by atoms with van der Waals surface area (Å²) in [5.41, 5.74) is 1.55. The van der Waals surface area contributed by atoms with Crippen molar-refractivity contribution in [1.82, 2.24) is 9.80 Å². The third-order valence-corrected chi connectivity index (χ3v) is 5.35. The van der Waals surface area contributed by atoms with Gasteiger partial charge in [0.25, 0.3) is 5.91 Å². The van der Waals surface area contributed by atoms with E-state index in [0.717, 1.165) is 35.2 Å². The van der Waals surface area contributed by atoms with E-state index < -0.39 is 0 Å². The van der Waals surface area contributed by atoms with E-state index in [0.29, 0.717) is 19.6 Å². The van der Waals surface area contributed by atoms with Gasteiger partial charge in [0.2, 0.25) is 5.91 Å². The number of hydrogen-bond acceptors (Lipinski definition) is 4. The largest absolute Gasteiger partial charge is 0.337 e. The zero-order valence-corrected chi connectivity index (χ0v) is 16.2. The van der Waals surface area contributed by atoms with Crippen LogP contribution in [0, 0.1) is 0 Å². The Labute approximate surface area is 159 Å². The molecule has 0 aliphatic carbocycles. The molecule has 1 aromatic carbocycles. The summed E-state index contributed by atoms with van der Waals surface area (Å²) in [7, 11) is 0. The normalized spacial score (nSPS) is 15.6. The Morgan fingerprint density at radius 3 is 2.60 bits per heavy atom. The predicted octanol–water partition coefficient (Wildman–Crippen LogP) is 3.30. The average molecular weight is 422 g/mol. The molecule has 2 amide bonds. The molecular formula is C18H20BrN3O2S. The molecule has 0 atom stereocenters. The number of carbonyl (C=O) groups is 2. The van der Waals surface area contributed by atoms with Crippen LogP contribution >= 0.6 is 27.3 Å². The van der Waals surface area contributed by atoms with Gasteiger partial charge in [0.05, 0.1) is 12.1 Å². The van der Waals surface area contributed by atoms with Crippen LogP contribution in [0.15, 0.2) is 45.6 Å². The standard InChI is InChI=1S/C18H20BrN3O2S/c19-15-2-4-16(5-3-15)20-17(23)12-21-7-1-8-22(10-9-21)18(24)14-6-11-25-13-14/h2-6,11,13H,1,7-10,12H2,(H,20,23). The maximum atomic E-state index is 12.4. The van der Waals surface area contributed by atoms with Crippen molar-refractivity contribution in [2.24, 2.45) is 0 Å². The Morgan fingerprint density at radius 2 is 1.88 bits per heavy atom. The second-order valence-electron chi connectivity index (χ2n) is 5.99. The lowest BCUT2D eigenvalue weighted by atomic mass is 10.3. The van der Waals surface area contributed by atoms with E-state index in [4.69, 9.17) is 0 Å². The highest BCUT2D eigenvalue weighted by Crippen LogP contribution is 2.15. The highest BCUT2D eigenvalue weighted by atomic mass is 79.9. The maximum absolute atomic E-state index is 12.4. The van der Waals surface area contributed by atoms with Gasteiger partial charge in [-0.05, 0) is 42.1 Å². The lowest BCUT2D eigenvalue weighted by Gasteiger charge is -2.21. The van der Waals surface area contributed by atoms with E-state index in [1.807, 2.05) is 46.0 Å². The molecular weight excluding hydrogens is 402 g/mol. The van der Waals surface area contributed by atoms with Crippen LogP contribution in [0.2, 0.25) is 0 Å². The molecule has 132 valence electrons. The van der Waals surface area contributed by atoms with Crippen LogP contribution in [0.4, 0.5) is 5.69 Å². The van der Waals surface area contributed by atoms with Crippen LogP contribution in [-0.2, 0) is 4.79 Å². The molecule has 1 N–H and O–H groups in total. The molecule has 0 spiro atoms. The molecule has 7 heteroatoms. The monoisotopic (exact) mass is 421 g/mol. The number of anilines is 1.